The molecule has 0 saturated carbocycles. The first-order valence-electron chi connectivity index (χ1n) is 14.0. The number of nitrogens with zero attached hydrogens (tertiary/aromatic N) is 5. The smallest absolute Gasteiger partial charge is 0.339 e. The lowest BCUT2D eigenvalue weighted by atomic mass is 10.1. The first-order valence-corrected chi connectivity index (χ1v) is 14.4. The number of hydrogen-bond acceptors (Lipinski definition) is 7. The Morgan fingerprint density at radius 3 is 2.49 bits per heavy atom. The summed E-state index contributed by atoms with van der Waals surface area (Å²) in [5.41, 5.74) is 3.67. The van der Waals surface area contributed by atoms with Gasteiger partial charge < -0.3 is 24.2 Å². The highest BCUT2D eigenvalue weighted by molar-refractivity contribution is 6.30. The van der Waals surface area contributed by atoms with Gasteiger partial charge in [0.2, 0.25) is 0 Å². The molecule has 1 saturated heterocycles. The molecule has 4 aromatic rings. The predicted molar refractivity (Wildman–Crippen MR) is 164 cm³/mol. The summed E-state index contributed by atoms with van der Waals surface area (Å²) in [5, 5.41) is 11.1. The molecule has 1 aliphatic heterocycles. The van der Waals surface area contributed by atoms with Crippen molar-refractivity contribution >= 4 is 40.3 Å². The molecule has 0 spiro atoms. The number of amides is 1. The first kappa shape index (κ1) is 30.4. The summed E-state index contributed by atoms with van der Waals surface area (Å²) in [7, 11) is 1.33. The molecule has 4 heterocycles. The Bertz CT molecular complexity index is 1710. The molecule has 1 fully saturated rings. The normalized spacial score (nSPS) is 15.7. The number of fused-ring (bicyclic) bond motifs is 1. The zero-order valence-electron chi connectivity index (χ0n) is 25.1. The van der Waals surface area contributed by atoms with Gasteiger partial charge in [-0.3, -0.25) is 4.79 Å². The highest BCUT2D eigenvalue weighted by Gasteiger charge is 2.32. The Balaban J connectivity index is 1.44. The molecule has 1 N–H and O–H groups in total. The molecule has 0 radical (unpaired) electrons. The summed E-state index contributed by atoms with van der Waals surface area (Å²) in [6, 6.07) is 9.63. The minimum absolute atomic E-state index is 0.0508. The van der Waals surface area contributed by atoms with E-state index in [-0.39, 0.29) is 35.3 Å². The monoisotopic (exact) mass is 607 g/mol. The number of aryl methyl sites for hydroxylation is 2. The molecule has 1 aromatic carbocycles. The van der Waals surface area contributed by atoms with E-state index in [0.29, 0.717) is 41.4 Å². The lowest BCUT2D eigenvalue weighted by molar-refractivity contribution is 0.0597. The maximum absolute atomic E-state index is 14.3. The van der Waals surface area contributed by atoms with Crippen LogP contribution in [0, 0.1) is 19.7 Å². The van der Waals surface area contributed by atoms with E-state index < -0.39 is 17.8 Å². The van der Waals surface area contributed by atoms with Crippen LogP contribution < -0.4 is 4.90 Å². The largest absolute Gasteiger partial charge is 0.465 e. The van der Waals surface area contributed by atoms with Gasteiger partial charge >= 0.3 is 5.97 Å². The summed E-state index contributed by atoms with van der Waals surface area (Å²) < 4.78 is 21.2. The molecule has 11 heteroatoms. The van der Waals surface area contributed by atoms with E-state index >= 15 is 0 Å². The third-order valence-corrected chi connectivity index (χ3v) is 8.18. The van der Waals surface area contributed by atoms with Crippen molar-refractivity contribution in [1.82, 2.24) is 19.4 Å². The second kappa shape index (κ2) is 11.6. The standard InChI is InChI=1S/C32H35ClFN5O4/c1-18-13-27(35-19(2)28(18)31(42)43-6)38-12-11-37(15-21(38)17-40)30(41)26-10-8-22-23(20-7-9-24(33)25(34)14-20)16-39(29(22)36-26)32(3,4)5/h7-10,13-14,16,21,40H,11-12,15,17H2,1-6H3. The lowest BCUT2D eigenvalue weighted by Gasteiger charge is -2.41. The van der Waals surface area contributed by atoms with Gasteiger partial charge in [0.15, 0.2) is 0 Å². The van der Waals surface area contributed by atoms with Crippen molar-refractivity contribution < 1.29 is 23.8 Å². The molecule has 3 aromatic heterocycles. The van der Waals surface area contributed by atoms with Crippen LogP contribution in [-0.4, -0.2) is 75.8 Å². The minimum atomic E-state index is -0.506. The molecular formula is C32H35ClFN5O4. The molecule has 43 heavy (non-hydrogen) atoms. The number of aliphatic hydroxyl groups excluding tert-OH is 1. The van der Waals surface area contributed by atoms with Gasteiger partial charge in [-0.15, -0.1) is 0 Å². The molecule has 1 amide bonds. The average molecular weight is 608 g/mol. The van der Waals surface area contributed by atoms with E-state index in [0.717, 1.165) is 16.5 Å². The van der Waals surface area contributed by atoms with Crippen LogP contribution in [0.15, 0.2) is 42.6 Å². The summed E-state index contributed by atoms with van der Waals surface area (Å²) in [6.07, 6.45) is 1.93. The van der Waals surface area contributed by atoms with Gasteiger partial charge in [-0.1, -0.05) is 17.7 Å². The van der Waals surface area contributed by atoms with E-state index in [9.17, 15) is 19.1 Å². The summed E-state index contributed by atoms with van der Waals surface area (Å²) in [4.78, 5) is 39.0. The number of pyridine rings is 2. The molecular weight excluding hydrogens is 573 g/mol. The molecule has 1 atom stereocenters. The molecule has 5 rings (SSSR count). The Hall–Kier alpha value is -4.02. The van der Waals surface area contributed by atoms with Crippen LogP contribution in [0.5, 0.6) is 0 Å². The van der Waals surface area contributed by atoms with Crippen LogP contribution >= 0.6 is 11.6 Å². The van der Waals surface area contributed by atoms with Gasteiger partial charge in [-0.05, 0) is 76.1 Å². The van der Waals surface area contributed by atoms with Gasteiger partial charge in [0.25, 0.3) is 5.91 Å². The van der Waals surface area contributed by atoms with Gasteiger partial charge in [0, 0.05) is 42.3 Å². The zero-order valence-corrected chi connectivity index (χ0v) is 25.9. The third kappa shape index (κ3) is 5.69. The molecule has 0 aliphatic carbocycles. The number of methoxy groups -OCH3 is 1. The lowest BCUT2D eigenvalue weighted by Crippen LogP contribution is -2.56. The topological polar surface area (TPSA) is 101 Å². The molecule has 1 unspecified atom stereocenters. The second-order valence-electron chi connectivity index (χ2n) is 11.8. The Morgan fingerprint density at radius 1 is 1.12 bits per heavy atom. The van der Waals surface area contributed by atoms with Crippen molar-refractivity contribution in [3.05, 3.63) is 75.9 Å². The number of esters is 1. The fourth-order valence-electron chi connectivity index (χ4n) is 5.65. The van der Waals surface area contributed by atoms with Crippen LogP contribution in [-0.2, 0) is 10.3 Å². The average Bonchev–Trinajstić information content (AvgIpc) is 3.37. The van der Waals surface area contributed by atoms with Crippen molar-refractivity contribution in [2.45, 2.75) is 46.2 Å². The quantitative estimate of drug-likeness (QED) is 0.304. The number of aromatic nitrogens is 3. The Labute approximate surface area is 254 Å². The highest BCUT2D eigenvalue weighted by atomic mass is 35.5. The maximum Gasteiger partial charge on any atom is 0.339 e. The summed E-state index contributed by atoms with van der Waals surface area (Å²) in [5.74, 6) is -0.574. The van der Waals surface area contributed by atoms with E-state index in [1.165, 1.54) is 19.2 Å². The van der Waals surface area contributed by atoms with E-state index in [1.54, 1.807) is 30.0 Å². The molecule has 0 bridgehead atoms. The molecule has 1 aliphatic rings. The van der Waals surface area contributed by atoms with Gasteiger partial charge in [-0.25, -0.2) is 19.2 Å². The molecule has 226 valence electrons. The number of anilines is 1. The fraction of sp³-hybridized carbons (Fsp3) is 0.375. The zero-order chi connectivity index (χ0) is 31.2. The predicted octanol–water partition coefficient (Wildman–Crippen LogP) is 5.37. The third-order valence-electron chi connectivity index (χ3n) is 7.87. The number of carbonyl (C=O) groups is 2. The van der Waals surface area contributed by atoms with Gasteiger partial charge in [0.1, 0.15) is 23.0 Å². The van der Waals surface area contributed by atoms with Crippen molar-refractivity contribution in [2.24, 2.45) is 0 Å². The number of hydrogen-bond donors (Lipinski definition) is 1. The van der Waals surface area contributed by atoms with Gasteiger partial charge in [0.05, 0.1) is 36.0 Å². The van der Waals surface area contributed by atoms with Crippen molar-refractivity contribution in [1.29, 1.82) is 0 Å². The molecule has 9 nitrogen and oxygen atoms in total. The van der Waals surface area contributed by atoms with Crippen LogP contribution in [0.1, 0.15) is 52.9 Å². The highest BCUT2D eigenvalue weighted by Crippen LogP contribution is 2.35. The van der Waals surface area contributed by atoms with Crippen molar-refractivity contribution in [3.63, 3.8) is 0 Å². The summed E-state index contributed by atoms with van der Waals surface area (Å²) in [6.45, 7) is 10.6. The van der Waals surface area contributed by atoms with Crippen molar-refractivity contribution in [3.8, 4) is 11.1 Å². The first-order chi connectivity index (χ1) is 20.3. The van der Waals surface area contributed by atoms with Crippen LogP contribution in [0.4, 0.5) is 10.2 Å². The number of halogens is 2. The number of ether oxygens (including phenoxy) is 1. The number of piperazine rings is 1. The van der Waals surface area contributed by atoms with Crippen LogP contribution in [0.2, 0.25) is 5.02 Å². The Kier molecular flexibility index (Phi) is 8.20. The Morgan fingerprint density at radius 2 is 1.86 bits per heavy atom. The second-order valence-corrected chi connectivity index (χ2v) is 12.2. The van der Waals surface area contributed by atoms with Crippen molar-refractivity contribution in [2.75, 3.05) is 38.3 Å². The summed E-state index contributed by atoms with van der Waals surface area (Å²) >= 11 is 5.92. The fourth-order valence-corrected chi connectivity index (χ4v) is 5.77. The van der Waals surface area contributed by atoms with E-state index in [4.69, 9.17) is 21.3 Å². The van der Waals surface area contributed by atoms with E-state index in [1.807, 2.05) is 49.4 Å². The number of rotatable bonds is 5. The maximum atomic E-state index is 14.3. The number of carbonyl (C=O) groups excluding carboxylic acids is 2. The number of benzene rings is 1. The van der Waals surface area contributed by atoms with Gasteiger partial charge in [-0.2, -0.15) is 0 Å². The van der Waals surface area contributed by atoms with Crippen LogP contribution in [0.3, 0.4) is 0 Å². The van der Waals surface area contributed by atoms with E-state index in [2.05, 4.69) is 4.98 Å². The number of aliphatic hydroxyl groups is 1. The minimum Gasteiger partial charge on any atom is -0.465 e. The SMILES string of the molecule is COC(=O)c1c(C)cc(N2CCN(C(=O)c3ccc4c(-c5ccc(Cl)c(F)c5)cn(C(C)(C)C)c4n3)CC2CO)nc1C. The van der Waals surface area contributed by atoms with Crippen LogP contribution in [0.25, 0.3) is 22.2 Å².